The summed E-state index contributed by atoms with van der Waals surface area (Å²) in [6, 6.07) is 8.95. The van der Waals surface area contributed by atoms with Gasteiger partial charge in [0.05, 0.1) is 12.0 Å². The number of rotatable bonds is 8. The SMILES string of the molecule is COc1ccc([N+](=O)[O-])cc1C(=O)OCc1nc(COc2ccc(F)cc2)no1. The lowest BCUT2D eigenvalue weighted by atomic mass is 10.2. The molecule has 2 aromatic carbocycles. The average Bonchev–Trinajstić information content (AvgIpc) is 3.19. The van der Waals surface area contributed by atoms with Gasteiger partial charge in [0.2, 0.25) is 5.82 Å². The second-order valence-electron chi connectivity index (χ2n) is 5.56. The number of hydrogen-bond acceptors (Lipinski definition) is 9. The van der Waals surface area contributed by atoms with E-state index < -0.39 is 10.9 Å². The van der Waals surface area contributed by atoms with Crippen molar-refractivity contribution in [3.05, 3.63) is 75.7 Å². The Morgan fingerprint density at radius 1 is 1.21 bits per heavy atom. The maximum Gasteiger partial charge on any atom is 0.342 e. The second kappa shape index (κ2) is 8.78. The van der Waals surface area contributed by atoms with Crippen LogP contribution in [0, 0.1) is 15.9 Å². The summed E-state index contributed by atoms with van der Waals surface area (Å²) >= 11 is 0. The summed E-state index contributed by atoms with van der Waals surface area (Å²) in [7, 11) is 1.32. The highest BCUT2D eigenvalue weighted by atomic mass is 19.1. The van der Waals surface area contributed by atoms with Crippen LogP contribution in [0.1, 0.15) is 22.1 Å². The molecule has 0 radical (unpaired) electrons. The van der Waals surface area contributed by atoms with E-state index in [1.165, 1.54) is 43.5 Å². The predicted molar refractivity (Wildman–Crippen MR) is 93.8 cm³/mol. The van der Waals surface area contributed by atoms with Crippen LogP contribution in [0.3, 0.4) is 0 Å². The van der Waals surface area contributed by atoms with Crippen molar-refractivity contribution in [2.24, 2.45) is 0 Å². The highest BCUT2D eigenvalue weighted by Crippen LogP contribution is 2.25. The molecule has 0 aliphatic heterocycles. The van der Waals surface area contributed by atoms with Gasteiger partial charge in [-0.25, -0.2) is 9.18 Å². The molecule has 0 aliphatic rings. The van der Waals surface area contributed by atoms with E-state index in [1.54, 1.807) is 0 Å². The lowest BCUT2D eigenvalue weighted by molar-refractivity contribution is -0.384. The van der Waals surface area contributed by atoms with E-state index in [4.69, 9.17) is 18.7 Å². The Kier molecular flexibility index (Phi) is 5.97. The minimum Gasteiger partial charge on any atom is -0.496 e. The molecule has 0 bridgehead atoms. The standard InChI is InChI=1S/C18H14FN3O7/c1-26-15-7-4-12(22(24)25)8-14(15)18(23)28-10-17-20-16(21-29-17)9-27-13-5-2-11(19)3-6-13/h2-8H,9-10H2,1H3. The normalized spacial score (nSPS) is 10.4. The number of nitro benzene ring substituents is 1. The van der Waals surface area contributed by atoms with Crippen LogP contribution in [-0.2, 0) is 18.0 Å². The number of hydrogen-bond donors (Lipinski definition) is 0. The van der Waals surface area contributed by atoms with Crippen LogP contribution in [0.4, 0.5) is 10.1 Å². The molecule has 0 saturated carbocycles. The number of non-ortho nitro benzene ring substituents is 1. The number of carbonyl (C=O) groups excluding carboxylic acids is 1. The zero-order valence-electron chi connectivity index (χ0n) is 15.0. The van der Waals surface area contributed by atoms with Gasteiger partial charge in [0, 0.05) is 12.1 Å². The monoisotopic (exact) mass is 403 g/mol. The molecule has 11 heteroatoms. The fourth-order valence-electron chi connectivity index (χ4n) is 2.26. The number of halogens is 1. The maximum atomic E-state index is 12.9. The van der Waals surface area contributed by atoms with Crippen molar-refractivity contribution in [1.82, 2.24) is 10.1 Å². The summed E-state index contributed by atoms with van der Waals surface area (Å²) in [5.41, 5.74) is -0.392. The van der Waals surface area contributed by atoms with E-state index >= 15 is 0 Å². The van der Waals surface area contributed by atoms with Gasteiger partial charge >= 0.3 is 5.97 Å². The van der Waals surface area contributed by atoms with Crippen molar-refractivity contribution in [3.8, 4) is 11.5 Å². The summed E-state index contributed by atoms with van der Waals surface area (Å²) in [6.07, 6.45) is 0. The van der Waals surface area contributed by atoms with Gasteiger partial charge in [0.15, 0.2) is 13.2 Å². The number of carbonyl (C=O) groups is 1. The molecule has 0 aliphatic carbocycles. The minimum absolute atomic E-state index is 0.000420. The number of aromatic nitrogens is 2. The number of esters is 1. The summed E-state index contributed by atoms with van der Waals surface area (Å²) in [5.74, 6) is -0.510. The molecule has 0 N–H and O–H groups in total. The molecular weight excluding hydrogens is 389 g/mol. The number of methoxy groups -OCH3 is 1. The quantitative estimate of drug-likeness (QED) is 0.317. The molecule has 0 atom stereocenters. The van der Waals surface area contributed by atoms with Crippen molar-refractivity contribution in [2.45, 2.75) is 13.2 Å². The first-order valence-electron chi connectivity index (χ1n) is 8.15. The highest BCUT2D eigenvalue weighted by Gasteiger charge is 2.20. The summed E-state index contributed by atoms with van der Waals surface area (Å²) in [6.45, 7) is -0.393. The Bertz CT molecular complexity index is 1020. The topological polar surface area (TPSA) is 127 Å². The predicted octanol–water partition coefficient (Wildman–Crippen LogP) is 3.06. The molecule has 0 amide bonds. The maximum absolute atomic E-state index is 12.9. The van der Waals surface area contributed by atoms with Crippen LogP contribution >= 0.6 is 0 Å². The van der Waals surface area contributed by atoms with Gasteiger partial charge in [-0.15, -0.1) is 0 Å². The van der Waals surface area contributed by atoms with Gasteiger partial charge in [-0.1, -0.05) is 5.16 Å². The molecular formula is C18H14FN3O7. The molecule has 1 heterocycles. The first-order chi connectivity index (χ1) is 14.0. The molecule has 10 nitrogen and oxygen atoms in total. The molecule has 29 heavy (non-hydrogen) atoms. The van der Waals surface area contributed by atoms with Crippen molar-refractivity contribution < 1.29 is 32.8 Å². The number of nitro groups is 1. The molecule has 3 aromatic rings. The van der Waals surface area contributed by atoms with Crippen molar-refractivity contribution in [2.75, 3.05) is 7.11 Å². The van der Waals surface area contributed by atoms with E-state index in [0.29, 0.717) is 5.75 Å². The van der Waals surface area contributed by atoms with Crippen LogP contribution < -0.4 is 9.47 Å². The number of nitrogens with zero attached hydrogens (tertiary/aromatic N) is 3. The van der Waals surface area contributed by atoms with E-state index in [9.17, 15) is 19.3 Å². The van der Waals surface area contributed by atoms with Crippen LogP contribution in [0.5, 0.6) is 11.5 Å². The van der Waals surface area contributed by atoms with E-state index in [-0.39, 0.29) is 47.7 Å². The van der Waals surface area contributed by atoms with Gasteiger partial charge in [0.25, 0.3) is 11.6 Å². The summed E-state index contributed by atoms with van der Waals surface area (Å²) in [5, 5.41) is 14.6. The van der Waals surface area contributed by atoms with Gasteiger partial charge in [-0.3, -0.25) is 10.1 Å². The average molecular weight is 403 g/mol. The van der Waals surface area contributed by atoms with Crippen molar-refractivity contribution in [1.29, 1.82) is 0 Å². The third-order valence-corrected chi connectivity index (χ3v) is 3.63. The lowest BCUT2D eigenvalue weighted by Crippen LogP contribution is -2.08. The Morgan fingerprint density at radius 3 is 2.66 bits per heavy atom. The lowest BCUT2D eigenvalue weighted by Gasteiger charge is -2.07. The van der Waals surface area contributed by atoms with E-state index in [0.717, 1.165) is 6.07 Å². The molecule has 0 spiro atoms. The summed E-state index contributed by atoms with van der Waals surface area (Å²) < 4.78 is 33.3. The van der Waals surface area contributed by atoms with Crippen LogP contribution in [-0.4, -0.2) is 28.1 Å². The van der Waals surface area contributed by atoms with Crippen LogP contribution in [0.2, 0.25) is 0 Å². The summed E-state index contributed by atoms with van der Waals surface area (Å²) in [4.78, 5) is 26.5. The first kappa shape index (κ1) is 19.7. The van der Waals surface area contributed by atoms with Gasteiger partial charge < -0.3 is 18.7 Å². The Hall–Kier alpha value is -4.02. The zero-order chi connectivity index (χ0) is 20.8. The van der Waals surface area contributed by atoms with E-state index in [2.05, 4.69) is 10.1 Å². The smallest absolute Gasteiger partial charge is 0.342 e. The molecule has 0 unspecified atom stereocenters. The molecule has 0 fully saturated rings. The zero-order valence-corrected chi connectivity index (χ0v) is 15.0. The van der Waals surface area contributed by atoms with Gasteiger partial charge in [-0.2, -0.15) is 4.98 Å². The van der Waals surface area contributed by atoms with Crippen LogP contribution in [0.15, 0.2) is 47.0 Å². The van der Waals surface area contributed by atoms with Crippen molar-refractivity contribution in [3.63, 3.8) is 0 Å². The Morgan fingerprint density at radius 2 is 1.97 bits per heavy atom. The van der Waals surface area contributed by atoms with Gasteiger partial charge in [0.1, 0.15) is 22.9 Å². The first-order valence-corrected chi connectivity index (χ1v) is 8.15. The number of ether oxygens (including phenoxy) is 3. The molecule has 3 rings (SSSR count). The van der Waals surface area contributed by atoms with E-state index in [1.807, 2.05) is 0 Å². The molecule has 150 valence electrons. The number of benzene rings is 2. The third-order valence-electron chi connectivity index (χ3n) is 3.63. The Balaban J connectivity index is 1.59. The fraction of sp³-hybridized carbons (Fsp3) is 0.167. The van der Waals surface area contributed by atoms with Crippen LogP contribution in [0.25, 0.3) is 0 Å². The fourth-order valence-corrected chi connectivity index (χ4v) is 2.26. The van der Waals surface area contributed by atoms with Crippen molar-refractivity contribution >= 4 is 11.7 Å². The molecule has 0 saturated heterocycles. The molecule has 1 aromatic heterocycles. The van der Waals surface area contributed by atoms with Gasteiger partial charge in [-0.05, 0) is 30.3 Å². The third kappa shape index (κ3) is 5.03. The highest BCUT2D eigenvalue weighted by molar-refractivity contribution is 5.93. The minimum atomic E-state index is -0.854. The second-order valence-corrected chi connectivity index (χ2v) is 5.56. The largest absolute Gasteiger partial charge is 0.496 e. The Labute approximate surface area is 163 Å².